The molecule has 0 saturated heterocycles. The Balaban J connectivity index is 2.05. The third-order valence-corrected chi connectivity index (χ3v) is 2.61. The largest absolute Gasteiger partial charge is 0.337 e. The first-order chi connectivity index (χ1) is 7.25. The van der Waals surface area contributed by atoms with E-state index in [0.717, 1.165) is 12.1 Å². The van der Waals surface area contributed by atoms with Crippen molar-refractivity contribution >= 4 is 23.2 Å². The minimum atomic E-state index is 0.653. The lowest BCUT2D eigenvalue weighted by molar-refractivity contribution is 0.787. The average Bonchev–Trinajstić information content (AvgIpc) is 2.69. The van der Waals surface area contributed by atoms with Crippen LogP contribution in [0, 0.1) is 6.42 Å². The molecule has 0 N–H and O–H groups in total. The quantitative estimate of drug-likeness (QED) is 0.803. The van der Waals surface area contributed by atoms with E-state index < -0.39 is 0 Å². The first-order valence-electron chi connectivity index (χ1n) is 4.50. The Kier molecular flexibility index (Phi) is 3.29. The number of aromatic nitrogens is 2. The van der Waals surface area contributed by atoms with E-state index in [1.54, 1.807) is 18.6 Å². The lowest BCUT2D eigenvalue weighted by Crippen LogP contribution is -1.96. The lowest BCUT2D eigenvalue weighted by atomic mass is 10.1. The van der Waals surface area contributed by atoms with Crippen LogP contribution < -0.4 is 0 Å². The van der Waals surface area contributed by atoms with Crippen molar-refractivity contribution in [2.24, 2.45) is 0 Å². The third-order valence-electron chi connectivity index (χ3n) is 2.04. The molecule has 0 aliphatic carbocycles. The highest BCUT2D eigenvalue weighted by Crippen LogP contribution is 2.22. The molecule has 0 atom stereocenters. The van der Waals surface area contributed by atoms with Crippen LogP contribution in [0.3, 0.4) is 0 Å². The second kappa shape index (κ2) is 4.69. The molecule has 0 spiro atoms. The second-order valence-electron chi connectivity index (χ2n) is 3.13. The van der Waals surface area contributed by atoms with Gasteiger partial charge in [-0.15, -0.1) is 0 Å². The van der Waals surface area contributed by atoms with Crippen LogP contribution in [0.5, 0.6) is 0 Å². The Labute approximate surface area is 98.5 Å². The van der Waals surface area contributed by atoms with Crippen molar-refractivity contribution in [3.8, 4) is 0 Å². The van der Waals surface area contributed by atoms with Crippen LogP contribution in [0.1, 0.15) is 5.56 Å². The standard InChI is InChI=1S/C11H9Cl2N2/c12-10-2-1-9(11(13)7-10)3-5-15-6-4-14-8-15/h1-4,6-8H,5H2. The van der Waals surface area contributed by atoms with E-state index in [4.69, 9.17) is 23.2 Å². The summed E-state index contributed by atoms with van der Waals surface area (Å²) in [5, 5.41) is 1.32. The van der Waals surface area contributed by atoms with E-state index in [1.165, 1.54) is 0 Å². The molecule has 0 unspecified atom stereocenters. The molecule has 4 heteroatoms. The molecule has 1 aromatic carbocycles. The summed E-state index contributed by atoms with van der Waals surface area (Å²) in [6, 6.07) is 5.47. The molecule has 2 nitrogen and oxygen atoms in total. The van der Waals surface area contributed by atoms with Crippen LogP contribution in [-0.4, -0.2) is 9.55 Å². The minimum absolute atomic E-state index is 0.653. The minimum Gasteiger partial charge on any atom is -0.337 e. The molecular weight excluding hydrogens is 231 g/mol. The van der Waals surface area contributed by atoms with E-state index in [9.17, 15) is 0 Å². The number of rotatable bonds is 3. The van der Waals surface area contributed by atoms with E-state index in [2.05, 4.69) is 4.98 Å². The van der Waals surface area contributed by atoms with Crippen LogP contribution in [0.15, 0.2) is 36.9 Å². The number of hydrogen-bond acceptors (Lipinski definition) is 1. The predicted molar refractivity (Wildman–Crippen MR) is 62.1 cm³/mol. The summed E-state index contributed by atoms with van der Waals surface area (Å²) in [5.41, 5.74) is 0.981. The zero-order valence-corrected chi connectivity index (χ0v) is 9.41. The second-order valence-corrected chi connectivity index (χ2v) is 3.97. The van der Waals surface area contributed by atoms with Crippen molar-refractivity contribution in [2.45, 2.75) is 6.54 Å². The van der Waals surface area contributed by atoms with Crippen molar-refractivity contribution in [1.29, 1.82) is 0 Å². The van der Waals surface area contributed by atoms with Gasteiger partial charge in [-0.3, -0.25) is 0 Å². The summed E-state index contributed by atoms with van der Waals surface area (Å²) < 4.78 is 1.96. The lowest BCUT2D eigenvalue weighted by Gasteiger charge is -2.04. The monoisotopic (exact) mass is 239 g/mol. The summed E-state index contributed by atoms with van der Waals surface area (Å²) in [5.74, 6) is 0. The fourth-order valence-corrected chi connectivity index (χ4v) is 1.75. The van der Waals surface area contributed by atoms with Gasteiger partial charge in [0.15, 0.2) is 0 Å². The van der Waals surface area contributed by atoms with Crippen molar-refractivity contribution in [3.63, 3.8) is 0 Å². The van der Waals surface area contributed by atoms with E-state index in [0.29, 0.717) is 10.0 Å². The Morgan fingerprint density at radius 2 is 2.20 bits per heavy atom. The van der Waals surface area contributed by atoms with Gasteiger partial charge in [-0.2, -0.15) is 0 Å². The first kappa shape index (κ1) is 10.5. The van der Waals surface area contributed by atoms with Gasteiger partial charge in [-0.05, 0) is 17.7 Å². The maximum atomic E-state index is 6.03. The number of benzene rings is 1. The van der Waals surface area contributed by atoms with E-state index in [1.807, 2.05) is 29.3 Å². The zero-order valence-electron chi connectivity index (χ0n) is 7.90. The Morgan fingerprint density at radius 3 is 2.87 bits per heavy atom. The van der Waals surface area contributed by atoms with E-state index >= 15 is 0 Å². The molecule has 1 radical (unpaired) electrons. The third kappa shape index (κ3) is 2.74. The van der Waals surface area contributed by atoms with Gasteiger partial charge in [-0.25, -0.2) is 4.98 Å². The van der Waals surface area contributed by atoms with Gasteiger partial charge in [-0.1, -0.05) is 29.3 Å². The van der Waals surface area contributed by atoms with Crippen LogP contribution >= 0.6 is 23.2 Å². The van der Waals surface area contributed by atoms with Crippen molar-refractivity contribution in [2.75, 3.05) is 0 Å². The van der Waals surface area contributed by atoms with Gasteiger partial charge in [0.2, 0.25) is 0 Å². The Morgan fingerprint density at radius 1 is 1.33 bits per heavy atom. The Bertz CT molecular complexity index is 438. The molecule has 15 heavy (non-hydrogen) atoms. The molecule has 0 bridgehead atoms. The fraction of sp³-hybridized carbons (Fsp3) is 0.0909. The van der Waals surface area contributed by atoms with Crippen LogP contribution in [-0.2, 0) is 6.54 Å². The maximum absolute atomic E-state index is 6.03. The highest BCUT2D eigenvalue weighted by atomic mass is 35.5. The number of halogens is 2. The van der Waals surface area contributed by atoms with Gasteiger partial charge in [0.25, 0.3) is 0 Å². The van der Waals surface area contributed by atoms with Gasteiger partial charge in [0.1, 0.15) is 0 Å². The molecular formula is C11H9Cl2N2. The Hall–Kier alpha value is -0.990. The topological polar surface area (TPSA) is 17.8 Å². The molecule has 0 aliphatic rings. The normalized spacial score (nSPS) is 10.5. The van der Waals surface area contributed by atoms with Crippen LogP contribution in [0.4, 0.5) is 0 Å². The fourth-order valence-electron chi connectivity index (χ4n) is 1.27. The molecule has 1 aromatic heterocycles. The van der Waals surface area contributed by atoms with E-state index in [-0.39, 0.29) is 0 Å². The predicted octanol–water partition coefficient (Wildman–Crippen LogP) is 3.44. The van der Waals surface area contributed by atoms with Crippen molar-refractivity contribution < 1.29 is 0 Å². The summed E-state index contributed by atoms with van der Waals surface area (Å²) >= 11 is 11.8. The number of hydrogen-bond donors (Lipinski definition) is 0. The van der Waals surface area contributed by atoms with Gasteiger partial charge < -0.3 is 4.57 Å². The molecule has 77 valence electrons. The number of imidazole rings is 1. The highest BCUT2D eigenvalue weighted by molar-refractivity contribution is 6.35. The first-order valence-corrected chi connectivity index (χ1v) is 5.25. The van der Waals surface area contributed by atoms with Crippen molar-refractivity contribution in [1.82, 2.24) is 9.55 Å². The summed E-state index contributed by atoms with van der Waals surface area (Å²) in [4.78, 5) is 3.96. The summed E-state index contributed by atoms with van der Waals surface area (Å²) in [7, 11) is 0. The van der Waals surface area contributed by atoms with Gasteiger partial charge >= 0.3 is 0 Å². The van der Waals surface area contributed by atoms with Crippen LogP contribution in [0.2, 0.25) is 10.0 Å². The van der Waals surface area contributed by atoms with Crippen LogP contribution in [0.25, 0.3) is 0 Å². The molecule has 2 rings (SSSR count). The molecule has 0 fully saturated rings. The highest BCUT2D eigenvalue weighted by Gasteiger charge is 2.01. The molecule has 0 saturated carbocycles. The van der Waals surface area contributed by atoms with Gasteiger partial charge in [0, 0.05) is 35.4 Å². The molecule has 2 aromatic rings. The molecule has 1 heterocycles. The smallest absolute Gasteiger partial charge is 0.0946 e. The van der Waals surface area contributed by atoms with Gasteiger partial charge in [0.05, 0.1) is 6.33 Å². The number of nitrogens with zero attached hydrogens (tertiary/aromatic N) is 2. The SMILES string of the molecule is Clc1ccc([CH]Cn2ccnc2)c(Cl)c1. The zero-order chi connectivity index (χ0) is 10.7. The molecule has 0 amide bonds. The molecule has 0 aliphatic heterocycles. The summed E-state index contributed by atoms with van der Waals surface area (Å²) in [6.07, 6.45) is 7.44. The average molecular weight is 240 g/mol. The maximum Gasteiger partial charge on any atom is 0.0946 e. The summed E-state index contributed by atoms with van der Waals surface area (Å²) in [6.45, 7) is 0.751. The van der Waals surface area contributed by atoms with Crippen molar-refractivity contribution in [3.05, 3.63) is 58.9 Å².